The van der Waals surface area contributed by atoms with Crippen molar-refractivity contribution >= 4 is 60.7 Å². The van der Waals surface area contributed by atoms with Crippen molar-refractivity contribution in [3.05, 3.63) is 199 Å². The van der Waals surface area contributed by atoms with Crippen molar-refractivity contribution in [2.75, 3.05) is 4.90 Å². The minimum absolute atomic E-state index is 0.446. The highest BCUT2D eigenvalue weighted by molar-refractivity contribution is 6.13. The van der Waals surface area contributed by atoms with Crippen LogP contribution in [0.2, 0.25) is 0 Å². The predicted octanol–water partition coefficient (Wildman–Crippen LogP) is 12.8. The second-order valence-corrected chi connectivity index (χ2v) is 13.6. The van der Waals surface area contributed by atoms with Gasteiger partial charge in [-0.15, -0.1) is 0 Å². The van der Waals surface area contributed by atoms with Crippen LogP contribution in [0.4, 0.5) is 17.1 Å². The largest absolute Gasteiger partial charge is 0.310 e. The van der Waals surface area contributed by atoms with Crippen LogP contribution in [-0.2, 0) is 0 Å². The smallest absolute Gasteiger partial charge is 0.101 e. The number of nitrogens with zero attached hydrogens (tertiary/aromatic N) is 5. The first kappa shape index (κ1) is 31.8. The summed E-state index contributed by atoms with van der Waals surface area (Å²) in [5.41, 5.74) is 12.0. The molecule has 0 fully saturated rings. The molecule has 0 bridgehead atoms. The summed E-state index contributed by atoms with van der Waals surface area (Å²) in [6.45, 7) is 0. The van der Waals surface area contributed by atoms with E-state index in [2.05, 4.69) is 178 Å². The third-order valence-corrected chi connectivity index (χ3v) is 10.6. The Hall–Kier alpha value is -7.86. The monoisotopic (exact) mass is 701 g/mol. The molecular formula is C50H31N5. The normalized spacial score (nSPS) is 11.2. The zero-order valence-electron chi connectivity index (χ0n) is 29.6. The molecule has 10 rings (SSSR count). The molecule has 5 nitrogen and oxygen atoms in total. The zero-order valence-corrected chi connectivity index (χ0v) is 29.6. The Morgan fingerprint density at radius 2 is 0.836 bits per heavy atom. The van der Waals surface area contributed by atoms with Gasteiger partial charge in [-0.25, -0.2) is 0 Å². The van der Waals surface area contributed by atoms with Gasteiger partial charge in [-0.3, -0.25) is 0 Å². The van der Waals surface area contributed by atoms with Crippen molar-refractivity contribution in [1.82, 2.24) is 9.13 Å². The van der Waals surface area contributed by atoms with Crippen LogP contribution in [0.5, 0.6) is 0 Å². The maximum Gasteiger partial charge on any atom is 0.101 e. The van der Waals surface area contributed by atoms with Crippen molar-refractivity contribution in [3.63, 3.8) is 0 Å². The van der Waals surface area contributed by atoms with Gasteiger partial charge in [0.2, 0.25) is 0 Å². The number of benzene rings is 8. The van der Waals surface area contributed by atoms with Crippen LogP contribution in [0, 0.1) is 22.7 Å². The fourth-order valence-electron chi connectivity index (χ4n) is 8.14. The number of hydrogen-bond acceptors (Lipinski definition) is 3. The summed E-state index contributed by atoms with van der Waals surface area (Å²) in [5.74, 6) is 0. The van der Waals surface area contributed by atoms with Crippen LogP contribution in [0.1, 0.15) is 11.1 Å². The molecule has 0 spiro atoms. The van der Waals surface area contributed by atoms with Crippen molar-refractivity contribution in [2.45, 2.75) is 0 Å². The van der Waals surface area contributed by atoms with E-state index in [1.165, 1.54) is 10.8 Å². The van der Waals surface area contributed by atoms with E-state index >= 15 is 0 Å². The molecule has 0 atom stereocenters. The van der Waals surface area contributed by atoms with Crippen molar-refractivity contribution in [2.24, 2.45) is 0 Å². The molecule has 0 saturated carbocycles. The highest BCUT2D eigenvalue weighted by atomic mass is 15.1. The minimum Gasteiger partial charge on any atom is -0.310 e. The molecule has 2 aromatic heterocycles. The molecular weight excluding hydrogens is 671 g/mol. The van der Waals surface area contributed by atoms with E-state index in [1.807, 2.05) is 18.2 Å². The van der Waals surface area contributed by atoms with Gasteiger partial charge in [0.05, 0.1) is 38.9 Å². The van der Waals surface area contributed by atoms with Crippen molar-refractivity contribution in [3.8, 4) is 34.6 Å². The van der Waals surface area contributed by atoms with Gasteiger partial charge in [0, 0.05) is 44.3 Å². The van der Waals surface area contributed by atoms with Crippen LogP contribution < -0.4 is 4.90 Å². The van der Waals surface area contributed by atoms with Crippen LogP contribution in [0.15, 0.2) is 188 Å². The SMILES string of the molecule is N#Cc1cccc(C#N)c1-n1c2ccc(-c3ccc4c(c3)c3ccccc3n4-c3ccccc3)cc2c2cc(N(c3ccccc3)c3ccccc3)ccc21. The molecule has 0 aliphatic carbocycles. The highest BCUT2D eigenvalue weighted by Gasteiger charge is 2.21. The van der Waals surface area contributed by atoms with Gasteiger partial charge < -0.3 is 14.0 Å². The Bertz CT molecular complexity index is 3090. The molecule has 0 unspecified atom stereocenters. The van der Waals surface area contributed by atoms with Gasteiger partial charge in [0.15, 0.2) is 0 Å². The lowest BCUT2D eigenvalue weighted by Crippen LogP contribution is -2.09. The van der Waals surface area contributed by atoms with Crippen molar-refractivity contribution in [1.29, 1.82) is 10.5 Å². The number of nitriles is 2. The number of para-hydroxylation sites is 5. The predicted molar refractivity (Wildman–Crippen MR) is 225 cm³/mol. The average molecular weight is 702 g/mol. The first-order chi connectivity index (χ1) is 27.2. The Kier molecular flexibility index (Phi) is 7.51. The maximum absolute atomic E-state index is 10.3. The minimum atomic E-state index is 0.446. The fourth-order valence-corrected chi connectivity index (χ4v) is 8.14. The molecule has 5 heteroatoms. The Morgan fingerprint density at radius 1 is 0.364 bits per heavy atom. The summed E-state index contributed by atoms with van der Waals surface area (Å²) in [6, 6.07) is 69.6. The molecule has 10 aromatic rings. The summed E-state index contributed by atoms with van der Waals surface area (Å²) in [5, 5.41) is 25.0. The van der Waals surface area contributed by atoms with Gasteiger partial charge >= 0.3 is 0 Å². The zero-order chi connectivity index (χ0) is 36.9. The number of aromatic nitrogens is 2. The second-order valence-electron chi connectivity index (χ2n) is 13.6. The van der Waals surface area contributed by atoms with E-state index in [9.17, 15) is 10.5 Å². The lowest BCUT2D eigenvalue weighted by Gasteiger charge is -2.25. The van der Waals surface area contributed by atoms with Gasteiger partial charge in [-0.2, -0.15) is 10.5 Å². The van der Waals surface area contributed by atoms with E-state index in [0.29, 0.717) is 16.8 Å². The molecule has 0 aliphatic heterocycles. The molecule has 256 valence electrons. The Labute approximate surface area is 318 Å². The lowest BCUT2D eigenvalue weighted by molar-refractivity contribution is 1.15. The number of anilines is 3. The summed E-state index contributed by atoms with van der Waals surface area (Å²) >= 11 is 0. The molecule has 8 aromatic carbocycles. The Morgan fingerprint density at radius 3 is 1.44 bits per heavy atom. The summed E-state index contributed by atoms with van der Waals surface area (Å²) in [7, 11) is 0. The quantitative estimate of drug-likeness (QED) is 0.173. The van der Waals surface area contributed by atoms with Gasteiger partial charge in [-0.1, -0.05) is 91.0 Å². The van der Waals surface area contributed by atoms with E-state index in [4.69, 9.17) is 0 Å². The molecule has 0 aliphatic rings. The first-order valence-corrected chi connectivity index (χ1v) is 18.2. The van der Waals surface area contributed by atoms with Gasteiger partial charge in [-0.05, 0) is 108 Å². The third-order valence-electron chi connectivity index (χ3n) is 10.6. The summed E-state index contributed by atoms with van der Waals surface area (Å²) < 4.78 is 4.42. The van der Waals surface area contributed by atoms with Gasteiger partial charge in [0.25, 0.3) is 0 Å². The van der Waals surface area contributed by atoms with E-state index in [0.717, 1.165) is 66.7 Å². The fraction of sp³-hybridized carbons (Fsp3) is 0. The second kappa shape index (κ2) is 13.0. The average Bonchev–Trinajstić information content (AvgIpc) is 3.76. The molecule has 55 heavy (non-hydrogen) atoms. The topological polar surface area (TPSA) is 60.7 Å². The van der Waals surface area contributed by atoms with E-state index in [1.54, 1.807) is 18.2 Å². The summed E-state index contributed by atoms with van der Waals surface area (Å²) in [6.07, 6.45) is 0. The first-order valence-electron chi connectivity index (χ1n) is 18.2. The Balaban J connectivity index is 1.23. The number of rotatable bonds is 6. The van der Waals surface area contributed by atoms with Gasteiger partial charge in [0.1, 0.15) is 12.1 Å². The number of fused-ring (bicyclic) bond motifs is 6. The standard InChI is InChI=1S/C50H31N5/c51-32-36-13-12-14-37(33-52)50(36)55-48-27-24-35(34-23-26-47-43(29-34)42-21-10-11-22-46(42)54(47)40-19-8-3-9-20-40)30-44(48)45-31-41(25-28-49(45)55)53(38-15-4-1-5-16-38)39-17-6-2-7-18-39/h1-31H. The highest BCUT2D eigenvalue weighted by Crippen LogP contribution is 2.42. The van der Waals surface area contributed by atoms with Crippen LogP contribution >= 0.6 is 0 Å². The lowest BCUT2D eigenvalue weighted by atomic mass is 10.0. The third kappa shape index (κ3) is 5.15. The van der Waals surface area contributed by atoms with Crippen LogP contribution in [0.25, 0.3) is 66.1 Å². The van der Waals surface area contributed by atoms with E-state index < -0.39 is 0 Å². The summed E-state index contributed by atoms with van der Waals surface area (Å²) in [4.78, 5) is 2.26. The maximum atomic E-state index is 10.3. The number of hydrogen-bond donors (Lipinski definition) is 0. The van der Waals surface area contributed by atoms with Crippen molar-refractivity contribution < 1.29 is 0 Å². The molecule has 0 amide bonds. The molecule has 0 radical (unpaired) electrons. The molecule has 0 N–H and O–H groups in total. The van der Waals surface area contributed by atoms with E-state index in [-0.39, 0.29) is 0 Å². The molecule has 2 heterocycles. The van der Waals surface area contributed by atoms with Crippen LogP contribution in [0.3, 0.4) is 0 Å². The van der Waals surface area contributed by atoms with Crippen LogP contribution in [-0.4, -0.2) is 9.13 Å². The molecule has 0 saturated heterocycles.